The zero-order valence-electron chi connectivity index (χ0n) is 25.5. The van der Waals surface area contributed by atoms with Gasteiger partial charge in [-0.1, -0.05) is 90.8 Å². The lowest BCUT2D eigenvalue weighted by atomic mass is 10.0. The zero-order valence-corrected chi connectivity index (χ0v) is 27.9. The maximum atomic E-state index is 14.5. The van der Waals surface area contributed by atoms with Crippen molar-refractivity contribution in [2.24, 2.45) is 0 Å². The Balaban J connectivity index is 1.82. The van der Waals surface area contributed by atoms with Crippen molar-refractivity contribution in [3.05, 3.63) is 129 Å². The second kappa shape index (κ2) is 15.4. The largest absolute Gasteiger partial charge is 0.354 e. The predicted octanol–water partition coefficient (Wildman–Crippen LogP) is 6.97. The van der Waals surface area contributed by atoms with Crippen LogP contribution in [0, 0.1) is 13.8 Å². The molecule has 10 heteroatoms. The molecular formula is C35H37Cl2N3O4S. The number of carbonyl (C=O) groups is 2. The van der Waals surface area contributed by atoms with Gasteiger partial charge in [0.15, 0.2) is 0 Å². The van der Waals surface area contributed by atoms with Crippen LogP contribution in [0.3, 0.4) is 0 Å². The van der Waals surface area contributed by atoms with E-state index in [1.807, 2.05) is 57.2 Å². The van der Waals surface area contributed by atoms with Gasteiger partial charge >= 0.3 is 0 Å². The second-order valence-corrected chi connectivity index (χ2v) is 13.5. The molecule has 0 bridgehead atoms. The molecule has 236 valence electrons. The molecule has 4 rings (SSSR count). The van der Waals surface area contributed by atoms with Gasteiger partial charge in [0, 0.05) is 19.5 Å². The topological polar surface area (TPSA) is 86.8 Å². The normalized spacial score (nSPS) is 11.9. The van der Waals surface area contributed by atoms with E-state index in [-0.39, 0.29) is 23.8 Å². The Bertz CT molecular complexity index is 1730. The Labute approximate surface area is 275 Å². The molecule has 1 unspecified atom stereocenters. The Morgan fingerprint density at radius 2 is 1.47 bits per heavy atom. The van der Waals surface area contributed by atoms with Gasteiger partial charge in [0.25, 0.3) is 10.0 Å². The van der Waals surface area contributed by atoms with E-state index < -0.39 is 28.5 Å². The first-order valence-corrected chi connectivity index (χ1v) is 16.9. The first-order valence-electron chi connectivity index (χ1n) is 14.7. The molecule has 0 aromatic heterocycles. The predicted molar refractivity (Wildman–Crippen MR) is 181 cm³/mol. The fourth-order valence-corrected chi connectivity index (χ4v) is 6.63. The third-order valence-electron chi connectivity index (χ3n) is 7.55. The van der Waals surface area contributed by atoms with Crippen LogP contribution in [-0.2, 0) is 32.6 Å². The van der Waals surface area contributed by atoms with E-state index in [9.17, 15) is 18.0 Å². The summed E-state index contributed by atoms with van der Waals surface area (Å²) in [6, 6.07) is 26.7. The summed E-state index contributed by atoms with van der Waals surface area (Å²) < 4.78 is 29.3. The minimum Gasteiger partial charge on any atom is -0.354 e. The summed E-state index contributed by atoms with van der Waals surface area (Å²) in [4.78, 5) is 29.7. The molecule has 7 nitrogen and oxygen atoms in total. The van der Waals surface area contributed by atoms with Crippen molar-refractivity contribution in [1.29, 1.82) is 0 Å². The van der Waals surface area contributed by atoms with Crippen LogP contribution in [0.4, 0.5) is 5.69 Å². The smallest absolute Gasteiger partial charge is 0.264 e. The van der Waals surface area contributed by atoms with E-state index in [0.717, 1.165) is 21.0 Å². The number of nitrogens with one attached hydrogen (secondary N) is 1. The average Bonchev–Trinajstić information content (AvgIpc) is 3.04. The summed E-state index contributed by atoms with van der Waals surface area (Å²) in [5.74, 6) is -0.885. The summed E-state index contributed by atoms with van der Waals surface area (Å²) in [5.41, 5.74) is 3.70. The molecule has 0 radical (unpaired) electrons. The van der Waals surface area contributed by atoms with Crippen LogP contribution in [0.5, 0.6) is 0 Å². The SMILES string of the molecule is CCCNC(=O)C(Cc1ccccc1)N(Cc1ccc(Cl)c(Cl)c1)C(=O)CN(c1ccc(C)c(C)c1)S(=O)(=O)c1ccccc1. The molecule has 4 aromatic rings. The lowest BCUT2D eigenvalue weighted by Gasteiger charge is -2.34. The van der Waals surface area contributed by atoms with Crippen molar-refractivity contribution in [3.8, 4) is 0 Å². The molecular weight excluding hydrogens is 629 g/mol. The van der Waals surface area contributed by atoms with Gasteiger partial charge in [-0.25, -0.2) is 8.42 Å². The number of amides is 2. The van der Waals surface area contributed by atoms with Gasteiger partial charge in [-0.05, 0) is 78.9 Å². The number of carbonyl (C=O) groups excluding carboxylic acids is 2. The van der Waals surface area contributed by atoms with E-state index in [0.29, 0.717) is 34.3 Å². The maximum Gasteiger partial charge on any atom is 0.264 e. The van der Waals surface area contributed by atoms with E-state index in [1.165, 1.54) is 17.0 Å². The number of nitrogens with zero attached hydrogens (tertiary/aromatic N) is 2. The molecule has 0 fully saturated rings. The Morgan fingerprint density at radius 3 is 2.09 bits per heavy atom. The summed E-state index contributed by atoms with van der Waals surface area (Å²) in [7, 11) is -4.17. The first-order chi connectivity index (χ1) is 21.5. The van der Waals surface area contributed by atoms with Crippen molar-refractivity contribution in [3.63, 3.8) is 0 Å². The van der Waals surface area contributed by atoms with Crippen LogP contribution in [-0.4, -0.2) is 44.3 Å². The fourth-order valence-electron chi connectivity index (χ4n) is 4.88. The maximum absolute atomic E-state index is 14.5. The number of sulfonamides is 1. The van der Waals surface area contributed by atoms with E-state index in [1.54, 1.807) is 48.5 Å². The van der Waals surface area contributed by atoms with Crippen LogP contribution in [0.1, 0.15) is 35.6 Å². The van der Waals surface area contributed by atoms with Gasteiger partial charge in [-0.15, -0.1) is 0 Å². The Morgan fingerprint density at radius 1 is 0.800 bits per heavy atom. The number of hydrogen-bond donors (Lipinski definition) is 1. The number of halogens is 2. The number of benzene rings is 4. The molecule has 2 amide bonds. The first kappa shape index (κ1) is 34.0. The van der Waals surface area contributed by atoms with Crippen LogP contribution < -0.4 is 9.62 Å². The van der Waals surface area contributed by atoms with E-state index in [2.05, 4.69) is 5.32 Å². The number of anilines is 1. The minimum atomic E-state index is -4.17. The third-order valence-corrected chi connectivity index (χ3v) is 10.1. The molecule has 0 saturated carbocycles. The van der Waals surface area contributed by atoms with Crippen molar-refractivity contribution in [2.75, 3.05) is 17.4 Å². The lowest BCUT2D eigenvalue weighted by molar-refractivity contribution is -0.140. The van der Waals surface area contributed by atoms with Gasteiger partial charge in [0.2, 0.25) is 11.8 Å². The lowest BCUT2D eigenvalue weighted by Crippen LogP contribution is -2.53. The van der Waals surface area contributed by atoms with Gasteiger partial charge < -0.3 is 10.2 Å². The highest BCUT2D eigenvalue weighted by Gasteiger charge is 2.34. The summed E-state index contributed by atoms with van der Waals surface area (Å²) in [6.45, 7) is 5.66. The molecule has 0 heterocycles. The minimum absolute atomic E-state index is 0.00107. The monoisotopic (exact) mass is 665 g/mol. The van der Waals surface area contributed by atoms with Crippen LogP contribution in [0.25, 0.3) is 0 Å². The Hall–Kier alpha value is -3.85. The number of rotatable bonds is 13. The van der Waals surface area contributed by atoms with Crippen LogP contribution in [0.2, 0.25) is 10.0 Å². The molecule has 0 aliphatic carbocycles. The zero-order chi connectivity index (χ0) is 32.6. The van der Waals surface area contributed by atoms with Crippen molar-refractivity contribution in [1.82, 2.24) is 10.2 Å². The molecule has 45 heavy (non-hydrogen) atoms. The number of hydrogen-bond acceptors (Lipinski definition) is 4. The highest BCUT2D eigenvalue weighted by atomic mass is 35.5. The van der Waals surface area contributed by atoms with Crippen LogP contribution >= 0.6 is 23.2 Å². The summed E-state index contributed by atoms with van der Waals surface area (Å²) in [5, 5.41) is 3.60. The van der Waals surface area contributed by atoms with Gasteiger partial charge in [-0.3, -0.25) is 13.9 Å². The van der Waals surface area contributed by atoms with Gasteiger partial charge in [0.05, 0.1) is 20.6 Å². The highest BCUT2D eigenvalue weighted by molar-refractivity contribution is 7.92. The molecule has 1 atom stereocenters. The highest BCUT2D eigenvalue weighted by Crippen LogP contribution is 2.28. The van der Waals surface area contributed by atoms with Crippen molar-refractivity contribution in [2.45, 2.75) is 51.1 Å². The van der Waals surface area contributed by atoms with Crippen molar-refractivity contribution >= 4 is 50.7 Å². The fraction of sp³-hybridized carbons (Fsp3) is 0.257. The van der Waals surface area contributed by atoms with Crippen molar-refractivity contribution < 1.29 is 18.0 Å². The molecule has 0 aliphatic heterocycles. The third kappa shape index (κ3) is 8.66. The quantitative estimate of drug-likeness (QED) is 0.167. The average molecular weight is 667 g/mol. The second-order valence-electron chi connectivity index (χ2n) is 10.9. The van der Waals surface area contributed by atoms with Crippen LogP contribution in [0.15, 0.2) is 102 Å². The molecule has 0 saturated heterocycles. The number of aryl methyl sites for hydroxylation is 2. The molecule has 0 spiro atoms. The molecule has 4 aromatic carbocycles. The van der Waals surface area contributed by atoms with E-state index in [4.69, 9.17) is 23.2 Å². The standard InChI is InChI=1S/C35H37Cl2N3O4S/c1-4-19-38-35(42)33(22-27-11-7-5-8-12-27)39(23-28-16-18-31(36)32(37)21-28)34(41)24-40(29-17-15-25(2)26(3)20-29)45(43,44)30-13-9-6-10-14-30/h5-18,20-21,33H,4,19,22-24H2,1-3H3,(H,38,42). The van der Waals surface area contributed by atoms with E-state index >= 15 is 0 Å². The Kier molecular flexibility index (Phi) is 11.7. The summed E-state index contributed by atoms with van der Waals surface area (Å²) in [6.07, 6.45) is 0.929. The van der Waals surface area contributed by atoms with Gasteiger partial charge in [-0.2, -0.15) is 0 Å². The molecule has 1 N–H and O–H groups in total. The van der Waals surface area contributed by atoms with Gasteiger partial charge in [0.1, 0.15) is 12.6 Å². The molecule has 0 aliphatic rings. The summed E-state index contributed by atoms with van der Waals surface area (Å²) >= 11 is 12.5.